The number of amides is 1. The van der Waals surface area contributed by atoms with Crippen molar-refractivity contribution in [2.45, 2.75) is 0 Å². The number of methoxy groups -OCH3 is 1. The number of carbonyl (C=O) groups excluding carboxylic acids is 1. The lowest BCUT2D eigenvalue weighted by Crippen LogP contribution is -2.49. The van der Waals surface area contributed by atoms with E-state index in [9.17, 15) is 14.9 Å². The smallest absolute Gasteiger partial charge is 0.311 e. The second kappa shape index (κ2) is 7.16. The maximum absolute atomic E-state index is 12.6. The topological polar surface area (TPSA) is 88.8 Å². The van der Waals surface area contributed by atoms with Crippen LogP contribution in [0, 0.1) is 10.1 Å². The van der Waals surface area contributed by atoms with Gasteiger partial charge in [0.25, 0.3) is 5.91 Å². The summed E-state index contributed by atoms with van der Waals surface area (Å²) in [6.45, 7) is 1.97. The fourth-order valence-corrected chi connectivity index (χ4v) is 2.81. The first-order chi connectivity index (χ1) is 12.1. The number of ether oxygens (including phenoxy) is 1. The third kappa shape index (κ3) is 3.52. The van der Waals surface area contributed by atoms with Crippen molar-refractivity contribution in [1.82, 2.24) is 9.88 Å². The van der Waals surface area contributed by atoms with Crippen LogP contribution in [0.2, 0.25) is 0 Å². The lowest BCUT2D eigenvalue weighted by Gasteiger charge is -2.35. The Hall–Kier alpha value is -3.16. The van der Waals surface area contributed by atoms with Crippen molar-refractivity contribution in [3.8, 4) is 5.75 Å². The van der Waals surface area contributed by atoms with Gasteiger partial charge in [-0.1, -0.05) is 0 Å². The van der Waals surface area contributed by atoms with Gasteiger partial charge >= 0.3 is 5.69 Å². The molecule has 1 aromatic carbocycles. The molecule has 130 valence electrons. The molecule has 0 radical (unpaired) electrons. The Morgan fingerprint density at radius 3 is 2.44 bits per heavy atom. The van der Waals surface area contributed by atoms with E-state index < -0.39 is 4.92 Å². The summed E-state index contributed by atoms with van der Waals surface area (Å²) in [5.74, 6) is 0.991. The number of pyridine rings is 1. The highest BCUT2D eigenvalue weighted by atomic mass is 16.6. The fourth-order valence-electron chi connectivity index (χ4n) is 2.81. The highest BCUT2D eigenvalue weighted by Crippen LogP contribution is 2.26. The van der Waals surface area contributed by atoms with Crippen molar-refractivity contribution in [1.29, 1.82) is 0 Å². The molecule has 0 atom stereocenters. The van der Waals surface area contributed by atoms with E-state index in [1.807, 2.05) is 4.90 Å². The molecule has 1 aromatic heterocycles. The maximum Gasteiger partial charge on any atom is 0.311 e. The molecule has 1 amide bonds. The Labute approximate surface area is 144 Å². The van der Waals surface area contributed by atoms with Crippen LogP contribution in [0.3, 0.4) is 0 Å². The Bertz CT molecular complexity index is 770. The zero-order chi connectivity index (χ0) is 17.8. The summed E-state index contributed by atoms with van der Waals surface area (Å²) in [6.07, 6.45) is 1.54. The average Bonchev–Trinajstić information content (AvgIpc) is 2.67. The molecular weight excluding hydrogens is 324 g/mol. The summed E-state index contributed by atoms with van der Waals surface area (Å²) in [5.41, 5.74) is 0.579. The Morgan fingerprint density at radius 1 is 1.16 bits per heavy atom. The number of carbonyl (C=O) groups is 1. The molecule has 0 saturated carbocycles. The van der Waals surface area contributed by atoms with Crippen LogP contribution in [-0.2, 0) is 0 Å². The molecule has 0 aliphatic carbocycles. The molecular formula is C17H18N4O4. The first-order valence-corrected chi connectivity index (χ1v) is 7.88. The zero-order valence-corrected chi connectivity index (χ0v) is 13.8. The van der Waals surface area contributed by atoms with Gasteiger partial charge in [0.15, 0.2) is 0 Å². The largest absolute Gasteiger partial charge is 0.497 e. The molecule has 1 aliphatic rings. The molecule has 2 heterocycles. The van der Waals surface area contributed by atoms with Crippen molar-refractivity contribution < 1.29 is 14.5 Å². The first kappa shape index (κ1) is 16.7. The van der Waals surface area contributed by atoms with Gasteiger partial charge in [0, 0.05) is 44.0 Å². The Morgan fingerprint density at radius 2 is 1.84 bits per heavy atom. The van der Waals surface area contributed by atoms with Gasteiger partial charge in [-0.2, -0.15) is 0 Å². The van der Waals surface area contributed by atoms with Crippen LogP contribution in [0.5, 0.6) is 5.75 Å². The molecule has 0 N–H and O–H groups in total. The van der Waals surface area contributed by atoms with E-state index >= 15 is 0 Å². The SMILES string of the molecule is COc1ccc(C(=O)N2CCN(c3ncccc3[N+](=O)[O-])CC2)cc1. The number of rotatable bonds is 4. The van der Waals surface area contributed by atoms with E-state index in [1.165, 1.54) is 12.3 Å². The minimum Gasteiger partial charge on any atom is -0.497 e. The van der Waals surface area contributed by atoms with Crippen LogP contribution in [0.4, 0.5) is 11.5 Å². The van der Waals surface area contributed by atoms with Gasteiger partial charge in [0.05, 0.1) is 12.0 Å². The first-order valence-electron chi connectivity index (χ1n) is 7.88. The van der Waals surface area contributed by atoms with Crippen LogP contribution < -0.4 is 9.64 Å². The van der Waals surface area contributed by atoms with Gasteiger partial charge in [-0.3, -0.25) is 14.9 Å². The summed E-state index contributed by atoms with van der Waals surface area (Å²) >= 11 is 0. The predicted molar refractivity (Wildman–Crippen MR) is 92.0 cm³/mol. The van der Waals surface area contributed by atoms with Crippen LogP contribution in [0.15, 0.2) is 42.6 Å². The van der Waals surface area contributed by atoms with Crippen molar-refractivity contribution in [2.24, 2.45) is 0 Å². The van der Waals surface area contributed by atoms with Crippen molar-refractivity contribution >= 4 is 17.4 Å². The van der Waals surface area contributed by atoms with E-state index in [-0.39, 0.29) is 11.6 Å². The predicted octanol–water partition coefficient (Wildman–Crippen LogP) is 1.96. The van der Waals surface area contributed by atoms with Gasteiger partial charge in [0.1, 0.15) is 5.75 Å². The van der Waals surface area contributed by atoms with Crippen LogP contribution >= 0.6 is 0 Å². The molecule has 0 bridgehead atoms. The summed E-state index contributed by atoms with van der Waals surface area (Å²) < 4.78 is 5.09. The number of hydrogen-bond donors (Lipinski definition) is 0. The van der Waals surface area contributed by atoms with Crippen molar-refractivity contribution in [3.05, 3.63) is 58.3 Å². The summed E-state index contributed by atoms with van der Waals surface area (Å²) in [4.78, 5) is 31.0. The van der Waals surface area contributed by atoms with Gasteiger partial charge < -0.3 is 14.5 Å². The molecule has 0 spiro atoms. The summed E-state index contributed by atoms with van der Waals surface area (Å²) in [6, 6.07) is 9.96. The monoisotopic (exact) mass is 342 g/mol. The molecule has 8 heteroatoms. The second-order valence-electron chi connectivity index (χ2n) is 5.61. The van der Waals surface area contributed by atoms with E-state index in [0.29, 0.717) is 43.3 Å². The molecule has 3 rings (SSSR count). The van der Waals surface area contributed by atoms with E-state index in [1.54, 1.807) is 42.3 Å². The zero-order valence-electron chi connectivity index (χ0n) is 13.8. The minimum absolute atomic E-state index is 0.0163. The molecule has 1 aliphatic heterocycles. The average molecular weight is 342 g/mol. The normalized spacial score (nSPS) is 14.3. The fraction of sp³-hybridized carbons (Fsp3) is 0.294. The van der Waals surface area contributed by atoms with E-state index in [2.05, 4.69) is 4.98 Å². The quantitative estimate of drug-likeness (QED) is 0.623. The maximum atomic E-state index is 12.6. The molecule has 25 heavy (non-hydrogen) atoms. The highest BCUT2D eigenvalue weighted by Gasteiger charge is 2.27. The molecule has 1 saturated heterocycles. The minimum atomic E-state index is -0.433. The van der Waals surface area contributed by atoms with Gasteiger partial charge in [-0.05, 0) is 30.3 Å². The third-order valence-corrected chi connectivity index (χ3v) is 4.17. The van der Waals surface area contributed by atoms with E-state index in [4.69, 9.17) is 4.74 Å². The number of anilines is 1. The number of aromatic nitrogens is 1. The van der Waals surface area contributed by atoms with Gasteiger partial charge in [-0.25, -0.2) is 4.98 Å². The number of nitro groups is 1. The van der Waals surface area contributed by atoms with Crippen LogP contribution in [0.1, 0.15) is 10.4 Å². The number of hydrogen-bond acceptors (Lipinski definition) is 6. The second-order valence-corrected chi connectivity index (χ2v) is 5.61. The lowest BCUT2D eigenvalue weighted by atomic mass is 10.1. The number of nitrogens with zero attached hydrogens (tertiary/aromatic N) is 4. The number of benzene rings is 1. The molecule has 8 nitrogen and oxygen atoms in total. The van der Waals surface area contributed by atoms with Crippen molar-refractivity contribution in [2.75, 3.05) is 38.2 Å². The van der Waals surface area contributed by atoms with Crippen LogP contribution in [0.25, 0.3) is 0 Å². The van der Waals surface area contributed by atoms with E-state index in [0.717, 1.165) is 0 Å². The van der Waals surface area contributed by atoms with Gasteiger partial charge in [-0.15, -0.1) is 0 Å². The highest BCUT2D eigenvalue weighted by molar-refractivity contribution is 5.94. The summed E-state index contributed by atoms with van der Waals surface area (Å²) in [5, 5.41) is 11.1. The van der Waals surface area contributed by atoms with Gasteiger partial charge in [0.2, 0.25) is 5.82 Å². The lowest BCUT2D eigenvalue weighted by molar-refractivity contribution is -0.384. The summed E-state index contributed by atoms with van der Waals surface area (Å²) in [7, 11) is 1.58. The number of piperazine rings is 1. The Kier molecular flexibility index (Phi) is 4.78. The van der Waals surface area contributed by atoms with Crippen molar-refractivity contribution in [3.63, 3.8) is 0 Å². The Balaban J connectivity index is 1.67. The van der Waals surface area contributed by atoms with Crippen LogP contribution in [-0.4, -0.2) is 54.0 Å². The molecule has 0 unspecified atom stereocenters. The molecule has 2 aromatic rings. The standard InChI is InChI=1S/C17H18N4O4/c1-25-14-6-4-13(5-7-14)17(22)20-11-9-19(10-12-20)16-15(21(23)24)3-2-8-18-16/h2-8H,9-12H2,1H3. The third-order valence-electron chi connectivity index (χ3n) is 4.17. The molecule has 1 fully saturated rings.